The highest BCUT2D eigenvalue weighted by molar-refractivity contribution is 6.48. The first-order chi connectivity index (χ1) is 14.8. The third-order valence-corrected chi connectivity index (χ3v) is 5.95. The predicted octanol–water partition coefficient (Wildman–Crippen LogP) is 2.69. The number of nitrogens with zero attached hydrogens (tertiary/aromatic N) is 2. The molecule has 2 N–H and O–H groups in total. The molecule has 1 aliphatic rings. The van der Waals surface area contributed by atoms with Crippen LogP contribution in [0.3, 0.4) is 0 Å². The van der Waals surface area contributed by atoms with Gasteiger partial charge in [0.1, 0.15) is 11.9 Å². The number of carbonyl (C=O) groups excluding carboxylic acids is 1. The Morgan fingerprint density at radius 3 is 2.56 bits per heavy atom. The molecule has 1 fully saturated rings. The summed E-state index contributed by atoms with van der Waals surface area (Å²) in [5.41, 5.74) is -4.53. The number of rotatable bonds is 8. The first-order valence-electron chi connectivity index (χ1n) is 10.7. The van der Waals surface area contributed by atoms with Crippen molar-refractivity contribution in [2.45, 2.75) is 77.5 Å². The molecule has 0 spiro atoms. The van der Waals surface area contributed by atoms with Crippen molar-refractivity contribution < 1.29 is 32.6 Å². The van der Waals surface area contributed by atoms with Gasteiger partial charge in [0.25, 0.3) is 0 Å². The maximum Gasteiger partial charge on any atom is 0.412 e. The predicted molar refractivity (Wildman–Crippen MR) is 116 cm³/mol. The Bertz CT molecular complexity index is 860. The van der Waals surface area contributed by atoms with Gasteiger partial charge in [-0.3, -0.25) is 9.88 Å². The minimum absolute atomic E-state index is 0.156. The van der Waals surface area contributed by atoms with Crippen LogP contribution in [0.1, 0.15) is 40.5 Å². The molecular weight excluding hydrogens is 444 g/mol. The Hall–Kier alpha value is -1.89. The quantitative estimate of drug-likeness (QED) is 0.437. The fourth-order valence-corrected chi connectivity index (χ4v) is 3.88. The van der Waals surface area contributed by atoms with Crippen LogP contribution in [-0.4, -0.2) is 61.1 Å². The van der Waals surface area contributed by atoms with E-state index < -0.39 is 56.7 Å². The third kappa shape index (κ3) is 5.35. The van der Waals surface area contributed by atoms with E-state index in [1.165, 1.54) is 6.07 Å². The van der Waals surface area contributed by atoms with Crippen LogP contribution < -0.4 is 11.0 Å². The summed E-state index contributed by atoms with van der Waals surface area (Å²) < 4.78 is 48.0. The molecule has 1 aliphatic heterocycles. The number of anilines is 1. The van der Waals surface area contributed by atoms with Gasteiger partial charge in [-0.15, -0.1) is 0 Å². The number of unbranched alkanes of at least 4 members (excludes halogenated alkanes) is 1. The Kier molecular flexibility index (Phi) is 8.18. The summed E-state index contributed by atoms with van der Waals surface area (Å²) in [5.74, 6) is -4.01. The van der Waals surface area contributed by atoms with Crippen molar-refractivity contribution in [3.8, 4) is 0 Å². The van der Waals surface area contributed by atoms with Gasteiger partial charge in [0.15, 0.2) is 9.04 Å². The summed E-state index contributed by atoms with van der Waals surface area (Å²) in [7, 11) is -1.80. The highest BCUT2D eigenvalue weighted by Crippen LogP contribution is 2.51. The van der Waals surface area contributed by atoms with Gasteiger partial charge >= 0.3 is 17.7 Å². The number of hydrogen-bond donors (Lipinski definition) is 2. The standard InChI is InChI=1S/C20H33F2N3O6Si/c1-7-8-11-29-17(28)24-13-9-10-25(16(27)23-13)19(12-30-32(5)6)20(21,22)14(26)15(31-19)18(2,3)4/h9-10,14-15,26,32H,7-8,11-12H2,1-6H3,(H,23,24,27,28)/t14-,15+,19-/m1/s1. The summed E-state index contributed by atoms with van der Waals surface area (Å²) in [6.45, 7) is 10.0. The number of aliphatic hydroxyl groups is 1. The Balaban J connectivity index is 2.43. The molecule has 3 atom stereocenters. The lowest BCUT2D eigenvalue weighted by Gasteiger charge is -2.36. The lowest BCUT2D eigenvalue weighted by atomic mass is 9.84. The van der Waals surface area contributed by atoms with Gasteiger partial charge in [0.2, 0.25) is 5.72 Å². The van der Waals surface area contributed by atoms with Crippen molar-refractivity contribution in [3.63, 3.8) is 0 Å². The van der Waals surface area contributed by atoms with Gasteiger partial charge in [-0.2, -0.15) is 13.8 Å². The summed E-state index contributed by atoms with van der Waals surface area (Å²) in [6.07, 6.45) is -1.69. The van der Waals surface area contributed by atoms with E-state index in [0.717, 1.165) is 12.6 Å². The molecule has 0 saturated carbocycles. The van der Waals surface area contributed by atoms with E-state index in [1.807, 2.05) is 6.92 Å². The molecule has 2 heterocycles. The zero-order valence-electron chi connectivity index (χ0n) is 19.4. The van der Waals surface area contributed by atoms with Crippen LogP contribution in [0, 0.1) is 5.41 Å². The van der Waals surface area contributed by atoms with E-state index in [0.29, 0.717) is 11.0 Å². The second-order valence-corrected chi connectivity index (χ2v) is 11.6. The number of hydrogen-bond acceptors (Lipinski definition) is 7. The molecule has 1 aromatic rings. The van der Waals surface area contributed by atoms with Gasteiger partial charge in [-0.05, 0) is 31.0 Å². The molecule has 1 saturated heterocycles. The van der Waals surface area contributed by atoms with Gasteiger partial charge in [-0.1, -0.05) is 34.1 Å². The molecular formula is C20H33F2N3O6Si. The molecule has 0 aromatic carbocycles. The highest BCUT2D eigenvalue weighted by Gasteiger charge is 2.71. The zero-order chi connectivity index (χ0) is 24.3. The maximum atomic E-state index is 15.5. The van der Waals surface area contributed by atoms with Crippen LogP contribution in [0.2, 0.25) is 13.1 Å². The second kappa shape index (κ2) is 9.94. The van der Waals surface area contributed by atoms with Crippen LogP contribution in [0.5, 0.6) is 0 Å². The number of ether oxygens (including phenoxy) is 2. The molecule has 0 unspecified atom stereocenters. The number of nitrogens with one attached hydrogen (secondary N) is 1. The third-order valence-electron chi connectivity index (χ3n) is 5.12. The van der Waals surface area contributed by atoms with Crippen molar-refractivity contribution >= 4 is 21.0 Å². The van der Waals surface area contributed by atoms with Crippen LogP contribution in [-0.2, 0) is 19.6 Å². The van der Waals surface area contributed by atoms with Gasteiger partial charge in [0, 0.05) is 6.20 Å². The monoisotopic (exact) mass is 477 g/mol. The summed E-state index contributed by atoms with van der Waals surface area (Å²) in [4.78, 5) is 28.3. The van der Waals surface area contributed by atoms with Crippen LogP contribution in [0.4, 0.5) is 19.4 Å². The number of halogens is 2. The summed E-state index contributed by atoms with van der Waals surface area (Å²) in [6, 6.07) is 1.19. The van der Waals surface area contributed by atoms with Crippen LogP contribution in [0.15, 0.2) is 17.1 Å². The number of aliphatic hydroxyl groups excluding tert-OH is 1. The van der Waals surface area contributed by atoms with Crippen LogP contribution in [0.25, 0.3) is 0 Å². The topological polar surface area (TPSA) is 112 Å². The number of amides is 1. The van der Waals surface area contributed by atoms with Crippen molar-refractivity contribution in [2.24, 2.45) is 5.41 Å². The fraction of sp³-hybridized carbons (Fsp3) is 0.750. The van der Waals surface area contributed by atoms with Crippen molar-refractivity contribution in [3.05, 3.63) is 22.7 Å². The second-order valence-electron chi connectivity index (χ2n) is 9.20. The molecule has 182 valence electrons. The molecule has 2 rings (SSSR count). The lowest BCUT2D eigenvalue weighted by molar-refractivity contribution is -0.237. The highest BCUT2D eigenvalue weighted by atomic mass is 28.3. The van der Waals surface area contributed by atoms with Crippen LogP contribution >= 0.6 is 0 Å². The molecule has 0 radical (unpaired) electrons. The van der Waals surface area contributed by atoms with E-state index >= 15 is 8.78 Å². The van der Waals surface area contributed by atoms with Gasteiger partial charge < -0.3 is 19.0 Å². The average molecular weight is 478 g/mol. The smallest absolute Gasteiger partial charge is 0.412 e. The minimum Gasteiger partial charge on any atom is -0.449 e. The molecule has 0 bridgehead atoms. The normalized spacial score (nSPS) is 25.2. The molecule has 32 heavy (non-hydrogen) atoms. The van der Waals surface area contributed by atoms with Crippen molar-refractivity contribution in [1.82, 2.24) is 9.55 Å². The first kappa shape index (κ1) is 26.4. The molecule has 1 amide bonds. The lowest BCUT2D eigenvalue weighted by Crippen LogP contribution is -2.58. The zero-order valence-corrected chi connectivity index (χ0v) is 20.5. The van der Waals surface area contributed by atoms with E-state index in [4.69, 9.17) is 13.9 Å². The fourth-order valence-electron chi connectivity index (χ4n) is 3.32. The Labute approximate surface area is 187 Å². The Morgan fingerprint density at radius 1 is 1.41 bits per heavy atom. The molecule has 1 aromatic heterocycles. The Morgan fingerprint density at radius 2 is 2.06 bits per heavy atom. The molecule has 12 heteroatoms. The molecule has 0 aliphatic carbocycles. The number of carbonyl (C=O) groups is 1. The van der Waals surface area contributed by atoms with E-state index in [-0.39, 0.29) is 12.4 Å². The number of aromatic nitrogens is 2. The van der Waals surface area contributed by atoms with E-state index in [2.05, 4.69) is 10.3 Å². The maximum absolute atomic E-state index is 15.5. The summed E-state index contributed by atoms with van der Waals surface area (Å²) >= 11 is 0. The first-order valence-corrected chi connectivity index (χ1v) is 13.4. The van der Waals surface area contributed by atoms with Crippen molar-refractivity contribution in [1.29, 1.82) is 0 Å². The van der Waals surface area contributed by atoms with E-state index in [1.54, 1.807) is 33.9 Å². The summed E-state index contributed by atoms with van der Waals surface area (Å²) in [5, 5.41) is 12.8. The van der Waals surface area contributed by atoms with Crippen molar-refractivity contribution in [2.75, 3.05) is 18.5 Å². The minimum atomic E-state index is -3.85. The largest absolute Gasteiger partial charge is 0.449 e. The van der Waals surface area contributed by atoms with E-state index in [9.17, 15) is 14.7 Å². The average Bonchev–Trinajstić information content (AvgIpc) is 2.88. The SMILES string of the molecule is CCCCOC(=O)Nc1ccn([C@]2(CO[SiH](C)C)O[C@H](C(C)(C)C)[C@@H](O)C2(F)F)c(=O)n1. The van der Waals surface area contributed by atoms with Gasteiger partial charge in [0.05, 0.1) is 19.3 Å². The molecule has 9 nitrogen and oxygen atoms in total. The number of alkyl halides is 2. The van der Waals surface area contributed by atoms with Gasteiger partial charge in [-0.25, -0.2) is 9.59 Å².